The maximum Gasteiger partial charge on any atom is 0.161 e. The van der Waals surface area contributed by atoms with Crippen LogP contribution in [0.1, 0.15) is 24.9 Å². The monoisotopic (exact) mass is 295 g/mol. The fourth-order valence-corrected chi connectivity index (χ4v) is 2.59. The van der Waals surface area contributed by atoms with E-state index in [2.05, 4.69) is 5.32 Å². The topological polar surface area (TPSA) is 46.2 Å². The lowest BCUT2D eigenvalue weighted by atomic mass is 10.1. The second-order valence-electron chi connectivity index (χ2n) is 4.39. The van der Waals surface area contributed by atoms with Crippen LogP contribution in [-0.2, 0) is 9.84 Å². The first-order valence-electron chi connectivity index (χ1n) is 5.80. The normalized spacial score (nSPS) is 13.5. The number of nitrogens with one attached hydrogen (secondary N) is 1. The molecule has 0 saturated heterocycles. The molecule has 0 aliphatic heterocycles. The van der Waals surface area contributed by atoms with Crippen molar-refractivity contribution >= 4 is 9.84 Å². The molecule has 19 heavy (non-hydrogen) atoms. The Morgan fingerprint density at radius 3 is 2.26 bits per heavy atom. The summed E-state index contributed by atoms with van der Waals surface area (Å²) in [5.41, 5.74) is -0.183. The lowest BCUT2D eigenvalue weighted by molar-refractivity contribution is 0.473. The molecule has 0 saturated carbocycles. The van der Waals surface area contributed by atoms with E-state index in [-0.39, 0.29) is 11.3 Å². The lowest BCUT2D eigenvalue weighted by Crippen LogP contribution is -2.29. The van der Waals surface area contributed by atoms with Crippen LogP contribution in [0, 0.1) is 17.5 Å². The molecular weight excluding hydrogens is 279 g/mol. The van der Waals surface area contributed by atoms with Gasteiger partial charge in [-0.3, -0.25) is 0 Å². The minimum Gasteiger partial charge on any atom is -0.309 e. The molecule has 0 radical (unpaired) electrons. The number of benzene rings is 1. The van der Waals surface area contributed by atoms with Crippen molar-refractivity contribution in [2.75, 3.05) is 18.6 Å². The van der Waals surface area contributed by atoms with Gasteiger partial charge in [-0.2, -0.15) is 0 Å². The van der Waals surface area contributed by atoms with Gasteiger partial charge in [0, 0.05) is 23.9 Å². The maximum absolute atomic E-state index is 13.6. The Morgan fingerprint density at radius 2 is 1.74 bits per heavy atom. The van der Waals surface area contributed by atoms with E-state index in [0.717, 1.165) is 6.26 Å². The van der Waals surface area contributed by atoms with Crippen molar-refractivity contribution < 1.29 is 21.6 Å². The van der Waals surface area contributed by atoms with Gasteiger partial charge in [0.2, 0.25) is 0 Å². The van der Waals surface area contributed by atoms with Crippen molar-refractivity contribution in [2.24, 2.45) is 0 Å². The van der Waals surface area contributed by atoms with Gasteiger partial charge in [-0.15, -0.1) is 0 Å². The third kappa shape index (κ3) is 4.83. The van der Waals surface area contributed by atoms with Gasteiger partial charge >= 0.3 is 0 Å². The summed E-state index contributed by atoms with van der Waals surface area (Å²) in [4.78, 5) is 0. The predicted octanol–water partition coefficient (Wildman–Crippen LogP) is 2.19. The van der Waals surface area contributed by atoms with Crippen molar-refractivity contribution in [3.63, 3.8) is 0 Å². The third-order valence-corrected chi connectivity index (χ3v) is 3.46. The number of sulfone groups is 1. The van der Waals surface area contributed by atoms with E-state index in [1.165, 1.54) is 0 Å². The fraction of sp³-hybridized carbons (Fsp3) is 0.500. The molecule has 1 aromatic rings. The Hall–Kier alpha value is -1.08. The van der Waals surface area contributed by atoms with E-state index in [1.807, 2.05) is 6.92 Å². The van der Waals surface area contributed by atoms with Crippen molar-refractivity contribution in [1.29, 1.82) is 0 Å². The number of rotatable bonds is 6. The maximum atomic E-state index is 13.6. The molecule has 1 N–H and O–H groups in total. The summed E-state index contributed by atoms with van der Waals surface area (Å²) < 4.78 is 62.3. The molecule has 0 aromatic heterocycles. The highest BCUT2D eigenvalue weighted by atomic mass is 32.2. The van der Waals surface area contributed by atoms with Gasteiger partial charge in [-0.25, -0.2) is 21.6 Å². The molecule has 0 aliphatic rings. The average Bonchev–Trinajstić information content (AvgIpc) is 2.28. The van der Waals surface area contributed by atoms with Crippen LogP contribution in [0.15, 0.2) is 12.1 Å². The summed E-state index contributed by atoms with van der Waals surface area (Å²) in [7, 11) is -3.39. The second kappa shape index (κ2) is 6.38. The SMILES string of the molecule is CCCNC(CS(C)(=O)=O)c1cc(F)c(F)cc1F. The van der Waals surface area contributed by atoms with Crippen molar-refractivity contribution in [3.05, 3.63) is 35.1 Å². The molecule has 0 bridgehead atoms. The summed E-state index contributed by atoms with van der Waals surface area (Å²) in [6, 6.07) is 0.224. The van der Waals surface area contributed by atoms with Gasteiger partial charge in [0.1, 0.15) is 15.7 Å². The van der Waals surface area contributed by atoms with E-state index < -0.39 is 33.3 Å². The lowest BCUT2D eigenvalue weighted by Gasteiger charge is -2.19. The highest BCUT2D eigenvalue weighted by Crippen LogP contribution is 2.22. The van der Waals surface area contributed by atoms with Gasteiger partial charge in [0.15, 0.2) is 11.6 Å². The molecule has 0 heterocycles. The molecule has 0 amide bonds. The van der Waals surface area contributed by atoms with Gasteiger partial charge in [-0.1, -0.05) is 6.92 Å². The fourth-order valence-electron chi connectivity index (χ4n) is 1.68. The quantitative estimate of drug-likeness (QED) is 0.818. The van der Waals surface area contributed by atoms with Crippen LogP contribution in [0.3, 0.4) is 0 Å². The second-order valence-corrected chi connectivity index (χ2v) is 6.57. The van der Waals surface area contributed by atoms with Crippen LogP contribution in [0.2, 0.25) is 0 Å². The summed E-state index contributed by atoms with van der Waals surface area (Å²) in [5.74, 6) is -3.84. The molecule has 0 aliphatic carbocycles. The zero-order chi connectivity index (χ0) is 14.6. The van der Waals surface area contributed by atoms with Gasteiger partial charge in [-0.05, 0) is 19.0 Å². The smallest absolute Gasteiger partial charge is 0.161 e. The van der Waals surface area contributed by atoms with Crippen LogP contribution >= 0.6 is 0 Å². The molecule has 1 unspecified atom stereocenters. The molecule has 108 valence electrons. The van der Waals surface area contributed by atoms with Crippen LogP contribution in [0.4, 0.5) is 13.2 Å². The van der Waals surface area contributed by atoms with Crippen LogP contribution in [-0.4, -0.2) is 27.0 Å². The summed E-state index contributed by atoms with van der Waals surface area (Å²) in [5, 5.41) is 2.82. The molecule has 1 aromatic carbocycles. The largest absolute Gasteiger partial charge is 0.309 e. The molecular formula is C12H16F3NO2S. The van der Waals surface area contributed by atoms with Crippen molar-refractivity contribution in [2.45, 2.75) is 19.4 Å². The Balaban J connectivity index is 3.13. The Bertz CT molecular complexity index is 546. The van der Waals surface area contributed by atoms with Gasteiger partial charge < -0.3 is 5.32 Å². The molecule has 0 fully saturated rings. The molecule has 7 heteroatoms. The molecule has 3 nitrogen and oxygen atoms in total. The van der Waals surface area contributed by atoms with E-state index in [1.54, 1.807) is 0 Å². The van der Waals surface area contributed by atoms with E-state index in [4.69, 9.17) is 0 Å². The summed E-state index contributed by atoms with van der Waals surface area (Å²) in [6.45, 7) is 2.30. The van der Waals surface area contributed by atoms with Crippen molar-refractivity contribution in [3.8, 4) is 0 Å². The first kappa shape index (κ1) is 16.0. The van der Waals surface area contributed by atoms with Gasteiger partial charge in [0.25, 0.3) is 0 Å². The van der Waals surface area contributed by atoms with E-state index in [9.17, 15) is 21.6 Å². The van der Waals surface area contributed by atoms with Crippen LogP contribution in [0.5, 0.6) is 0 Å². The van der Waals surface area contributed by atoms with Crippen LogP contribution < -0.4 is 5.32 Å². The number of hydrogen-bond acceptors (Lipinski definition) is 3. The Labute approximate surface area is 110 Å². The number of hydrogen-bond donors (Lipinski definition) is 1. The van der Waals surface area contributed by atoms with E-state index in [0.29, 0.717) is 25.1 Å². The summed E-state index contributed by atoms with van der Waals surface area (Å²) in [6.07, 6.45) is 1.71. The molecule has 0 spiro atoms. The van der Waals surface area contributed by atoms with Crippen LogP contribution in [0.25, 0.3) is 0 Å². The van der Waals surface area contributed by atoms with Crippen molar-refractivity contribution in [1.82, 2.24) is 5.32 Å². The zero-order valence-electron chi connectivity index (χ0n) is 10.7. The Morgan fingerprint density at radius 1 is 1.16 bits per heavy atom. The first-order chi connectivity index (χ1) is 8.74. The molecule has 1 atom stereocenters. The minimum atomic E-state index is -3.39. The summed E-state index contributed by atoms with van der Waals surface area (Å²) >= 11 is 0. The Kier molecular flexibility index (Phi) is 5.37. The molecule has 1 rings (SSSR count). The third-order valence-electron chi connectivity index (χ3n) is 2.53. The highest BCUT2D eigenvalue weighted by molar-refractivity contribution is 7.90. The van der Waals surface area contributed by atoms with E-state index >= 15 is 0 Å². The number of halogens is 3. The first-order valence-corrected chi connectivity index (χ1v) is 7.86. The van der Waals surface area contributed by atoms with Gasteiger partial charge in [0.05, 0.1) is 5.75 Å². The minimum absolute atomic E-state index is 0.183. The average molecular weight is 295 g/mol. The predicted molar refractivity (Wildman–Crippen MR) is 67.1 cm³/mol. The highest BCUT2D eigenvalue weighted by Gasteiger charge is 2.22. The zero-order valence-corrected chi connectivity index (χ0v) is 11.5. The standard InChI is InChI=1S/C12H16F3NO2S/c1-3-4-16-12(7-19(2,17)18)8-5-10(14)11(15)6-9(8)13/h5-6,12,16H,3-4,7H2,1-2H3.